The van der Waals surface area contributed by atoms with Crippen LogP contribution in [0.5, 0.6) is 5.75 Å². The molecular weight excluding hydrogens is 204 g/mol. The lowest BCUT2D eigenvalue weighted by Crippen LogP contribution is -1.98. The predicted molar refractivity (Wildman–Crippen MR) is 62.8 cm³/mol. The third-order valence-electron chi connectivity index (χ3n) is 2.32. The molecule has 0 aromatic heterocycles. The smallest absolute Gasteiger partial charge is 0.303 e. The molecule has 1 N–H and O–H groups in total. The van der Waals surface area contributed by atoms with Gasteiger partial charge in [-0.15, -0.1) is 0 Å². The lowest BCUT2D eigenvalue weighted by molar-refractivity contribution is -0.136. The van der Waals surface area contributed by atoms with Crippen LogP contribution in [0.1, 0.15) is 31.7 Å². The van der Waals surface area contributed by atoms with Crippen molar-refractivity contribution in [3.63, 3.8) is 0 Å². The molecule has 3 nitrogen and oxygen atoms in total. The van der Waals surface area contributed by atoms with Gasteiger partial charge in [0, 0.05) is 6.42 Å². The number of benzene rings is 1. The molecule has 0 radical (unpaired) electrons. The van der Waals surface area contributed by atoms with Crippen molar-refractivity contribution in [3.05, 3.63) is 29.8 Å². The number of rotatable bonds is 7. The van der Waals surface area contributed by atoms with Crippen LogP contribution in [0, 0.1) is 0 Å². The number of ether oxygens (including phenoxy) is 1. The molecule has 0 atom stereocenters. The van der Waals surface area contributed by atoms with E-state index in [9.17, 15) is 4.79 Å². The molecule has 1 rings (SSSR count). The summed E-state index contributed by atoms with van der Waals surface area (Å²) in [7, 11) is 0. The SMILES string of the molecule is CCCCOc1ccc(CCC(=O)O)cc1. The van der Waals surface area contributed by atoms with Crippen molar-refractivity contribution < 1.29 is 14.6 Å². The zero-order valence-electron chi connectivity index (χ0n) is 9.61. The van der Waals surface area contributed by atoms with E-state index in [1.54, 1.807) is 0 Å². The minimum atomic E-state index is -0.761. The molecule has 0 spiro atoms. The van der Waals surface area contributed by atoms with E-state index in [4.69, 9.17) is 9.84 Å². The summed E-state index contributed by atoms with van der Waals surface area (Å²) >= 11 is 0. The zero-order chi connectivity index (χ0) is 11.8. The van der Waals surface area contributed by atoms with Gasteiger partial charge in [0.25, 0.3) is 0 Å². The van der Waals surface area contributed by atoms with Gasteiger partial charge in [-0.05, 0) is 30.5 Å². The lowest BCUT2D eigenvalue weighted by Gasteiger charge is -2.05. The molecule has 1 aromatic rings. The van der Waals surface area contributed by atoms with Crippen LogP contribution in [0.2, 0.25) is 0 Å². The van der Waals surface area contributed by atoms with Gasteiger partial charge in [-0.2, -0.15) is 0 Å². The molecule has 0 heterocycles. The number of hydrogen-bond donors (Lipinski definition) is 1. The zero-order valence-corrected chi connectivity index (χ0v) is 9.61. The Morgan fingerprint density at radius 3 is 2.56 bits per heavy atom. The van der Waals surface area contributed by atoms with Crippen molar-refractivity contribution in [2.24, 2.45) is 0 Å². The van der Waals surface area contributed by atoms with Crippen LogP contribution >= 0.6 is 0 Å². The molecule has 1 aromatic carbocycles. The molecule has 0 saturated carbocycles. The number of aryl methyl sites for hydroxylation is 1. The Kier molecular flexibility index (Phi) is 5.40. The Labute approximate surface area is 96.1 Å². The Balaban J connectivity index is 2.38. The van der Waals surface area contributed by atoms with Gasteiger partial charge in [-0.1, -0.05) is 25.5 Å². The van der Waals surface area contributed by atoms with E-state index in [1.165, 1.54) is 0 Å². The molecule has 0 saturated heterocycles. The Morgan fingerprint density at radius 1 is 1.31 bits per heavy atom. The van der Waals surface area contributed by atoms with Crippen molar-refractivity contribution in [1.29, 1.82) is 0 Å². The van der Waals surface area contributed by atoms with Crippen LogP contribution in [-0.4, -0.2) is 17.7 Å². The minimum Gasteiger partial charge on any atom is -0.494 e. The van der Waals surface area contributed by atoms with Crippen molar-refractivity contribution in [3.8, 4) is 5.75 Å². The second kappa shape index (κ2) is 6.88. The first-order valence-electron chi connectivity index (χ1n) is 5.66. The lowest BCUT2D eigenvalue weighted by atomic mass is 10.1. The van der Waals surface area contributed by atoms with Crippen LogP contribution in [0.25, 0.3) is 0 Å². The number of aliphatic carboxylic acids is 1. The first-order chi connectivity index (χ1) is 7.72. The standard InChI is InChI=1S/C13H18O3/c1-2-3-10-16-12-7-4-11(5-8-12)6-9-13(14)15/h4-5,7-8H,2-3,6,9-10H2,1H3,(H,14,15). The molecule has 3 heteroatoms. The largest absolute Gasteiger partial charge is 0.494 e. The summed E-state index contributed by atoms with van der Waals surface area (Å²) in [5, 5.41) is 8.55. The first kappa shape index (κ1) is 12.6. The highest BCUT2D eigenvalue weighted by Crippen LogP contribution is 2.13. The van der Waals surface area contributed by atoms with E-state index >= 15 is 0 Å². The molecule has 88 valence electrons. The molecule has 0 unspecified atom stereocenters. The van der Waals surface area contributed by atoms with Crippen molar-refractivity contribution >= 4 is 5.97 Å². The summed E-state index contributed by atoms with van der Waals surface area (Å²) in [6, 6.07) is 7.63. The van der Waals surface area contributed by atoms with Gasteiger partial charge in [0.05, 0.1) is 6.61 Å². The van der Waals surface area contributed by atoms with Crippen molar-refractivity contribution in [2.45, 2.75) is 32.6 Å². The van der Waals surface area contributed by atoms with Gasteiger partial charge >= 0.3 is 5.97 Å². The fourth-order valence-corrected chi connectivity index (χ4v) is 1.34. The molecule has 16 heavy (non-hydrogen) atoms. The quantitative estimate of drug-likeness (QED) is 0.721. The highest BCUT2D eigenvalue weighted by atomic mass is 16.5. The van der Waals surface area contributed by atoms with Crippen LogP contribution < -0.4 is 4.74 Å². The number of carbonyl (C=O) groups is 1. The second-order valence-electron chi connectivity index (χ2n) is 3.74. The van der Waals surface area contributed by atoms with Crippen LogP contribution in [0.4, 0.5) is 0 Å². The molecule has 0 aliphatic rings. The Hall–Kier alpha value is -1.51. The maximum atomic E-state index is 10.4. The van der Waals surface area contributed by atoms with Crippen LogP contribution in [-0.2, 0) is 11.2 Å². The fraction of sp³-hybridized carbons (Fsp3) is 0.462. The van der Waals surface area contributed by atoms with Crippen molar-refractivity contribution in [2.75, 3.05) is 6.61 Å². The van der Waals surface area contributed by atoms with E-state index < -0.39 is 5.97 Å². The summed E-state index contributed by atoms with van der Waals surface area (Å²) in [4.78, 5) is 10.4. The van der Waals surface area contributed by atoms with Gasteiger partial charge in [-0.25, -0.2) is 0 Å². The topological polar surface area (TPSA) is 46.5 Å². The van der Waals surface area contributed by atoms with Gasteiger partial charge in [0.15, 0.2) is 0 Å². The summed E-state index contributed by atoms with van der Waals surface area (Å²) < 4.78 is 5.51. The minimum absolute atomic E-state index is 0.177. The second-order valence-corrected chi connectivity index (χ2v) is 3.74. The first-order valence-corrected chi connectivity index (χ1v) is 5.66. The average Bonchev–Trinajstić information content (AvgIpc) is 2.28. The average molecular weight is 222 g/mol. The molecule has 0 fully saturated rings. The van der Waals surface area contributed by atoms with E-state index in [0.29, 0.717) is 6.42 Å². The van der Waals surface area contributed by atoms with E-state index in [1.807, 2.05) is 24.3 Å². The third kappa shape index (κ3) is 4.82. The molecule has 0 aliphatic carbocycles. The normalized spacial score (nSPS) is 10.1. The number of carboxylic acids is 1. The molecule has 0 aliphatic heterocycles. The summed E-state index contributed by atoms with van der Waals surface area (Å²) in [6.45, 7) is 2.86. The maximum Gasteiger partial charge on any atom is 0.303 e. The molecule has 0 amide bonds. The van der Waals surface area contributed by atoms with Crippen molar-refractivity contribution in [1.82, 2.24) is 0 Å². The Morgan fingerprint density at radius 2 is 2.00 bits per heavy atom. The van der Waals surface area contributed by atoms with Gasteiger partial charge in [0.2, 0.25) is 0 Å². The summed E-state index contributed by atoms with van der Waals surface area (Å²) in [5.74, 6) is 0.0933. The summed E-state index contributed by atoms with van der Waals surface area (Å²) in [5.41, 5.74) is 1.03. The Bertz CT molecular complexity index is 316. The fourth-order valence-electron chi connectivity index (χ4n) is 1.34. The predicted octanol–water partition coefficient (Wildman–Crippen LogP) is 2.88. The monoisotopic (exact) mass is 222 g/mol. The van der Waals surface area contributed by atoms with E-state index in [-0.39, 0.29) is 6.42 Å². The third-order valence-corrected chi connectivity index (χ3v) is 2.32. The van der Waals surface area contributed by atoms with E-state index in [2.05, 4.69) is 6.92 Å². The van der Waals surface area contributed by atoms with E-state index in [0.717, 1.165) is 30.8 Å². The van der Waals surface area contributed by atoms with Crippen LogP contribution in [0.3, 0.4) is 0 Å². The van der Waals surface area contributed by atoms with Gasteiger partial charge in [-0.3, -0.25) is 4.79 Å². The summed E-state index contributed by atoms with van der Waals surface area (Å²) in [6.07, 6.45) is 2.93. The van der Waals surface area contributed by atoms with Crippen LogP contribution in [0.15, 0.2) is 24.3 Å². The highest BCUT2D eigenvalue weighted by Gasteiger charge is 1.99. The number of hydrogen-bond acceptors (Lipinski definition) is 2. The highest BCUT2D eigenvalue weighted by molar-refractivity contribution is 5.67. The van der Waals surface area contributed by atoms with Gasteiger partial charge in [0.1, 0.15) is 5.75 Å². The number of carboxylic acid groups (broad SMARTS) is 1. The van der Waals surface area contributed by atoms with Gasteiger partial charge < -0.3 is 9.84 Å². The number of unbranched alkanes of at least 4 members (excludes halogenated alkanes) is 1. The molecule has 0 bridgehead atoms. The molecular formula is C13H18O3. The maximum absolute atomic E-state index is 10.4.